The number of fused-ring (bicyclic) bond motifs is 1. The van der Waals surface area contributed by atoms with Crippen molar-refractivity contribution < 1.29 is 0 Å². The van der Waals surface area contributed by atoms with Crippen LogP contribution in [-0.2, 0) is 13.0 Å². The second-order valence-corrected chi connectivity index (χ2v) is 3.74. The van der Waals surface area contributed by atoms with Crippen LogP contribution in [0.4, 0.5) is 0 Å². The van der Waals surface area contributed by atoms with Gasteiger partial charge in [0.05, 0.1) is 23.8 Å². The van der Waals surface area contributed by atoms with Crippen LogP contribution in [0.1, 0.15) is 29.1 Å². The van der Waals surface area contributed by atoms with E-state index >= 15 is 0 Å². The lowest BCUT2D eigenvalue weighted by atomic mass is 10.1. The summed E-state index contributed by atoms with van der Waals surface area (Å²) in [6.07, 6.45) is 2.58. The number of rotatable bonds is 1. The van der Waals surface area contributed by atoms with Crippen molar-refractivity contribution in [2.24, 2.45) is 0 Å². The third kappa shape index (κ3) is 1.42. The summed E-state index contributed by atoms with van der Waals surface area (Å²) in [4.78, 5) is 11.7. The maximum Gasteiger partial charge on any atom is 0.167 e. The summed E-state index contributed by atoms with van der Waals surface area (Å²) in [6, 6.07) is 0.172. The average Bonchev–Trinajstić information content (AvgIpc) is 2.84. The standard InChI is InChI=1S/C9H12N6/c1-5-13-9(15-14-5)7-2-6-8(3-10-7)12-4-11-6/h4,7,10H,2-3H2,1H3,(H,11,12)(H,13,14,15). The van der Waals surface area contributed by atoms with E-state index in [4.69, 9.17) is 0 Å². The summed E-state index contributed by atoms with van der Waals surface area (Å²) >= 11 is 0. The molecule has 6 heteroatoms. The number of aryl methyl sites for hydroxylation is 1. The Bertz CT molecular complexity index is 470. The minimum atomic E-state index is 0.172. The lowest BCUT2D eigenvalue weighted by Crippen LogP contribution is -2.29. The first-order valence-corrected chi connectivity index (χ1v) is 4.96. The van der Waals surface area contributed by atoms with Crippen molar-refractivity contribution >= 4 is 0 Å². The average molecular weight is 204 g/mol. The predicted molar refractivity (Wildman–Crippen MR) is 53.0 cm³/mol. The zero-order valence-electron chi connectivity index (χ0n) is 8.41. The molecule has 0 saturated carbocycles. The van der Waals surface area contributed by atoms with Gasteiger partial charge in [-0.2, -0.15) is 5.10 Å². The van der Waals surface area contributed by atoms with Gasteiger partial charge in [-0.3, -0.25) is 5.10 Å². The molecule has 0 amide bonds. The highest BCUT2D eigenvalue weighted by Crippen LogP contribution is 2.20. The molecule has 2 aromatic rings. The van der Waals surface area contributed by atoms with Gasteiger partial charge in [-0.05, 0) is 6.92 Å². The lowest BCUT2D eigenvalue weighted by Gasteiger charge is -2.20. The van der Waals surface area contributed by atoms with Crippen LogP contribution in [0, 0.1) is 6.92 Å². The molecule has 3 rings (SSSR count). The molecule has 0 radical (unpaired) electrons. The number of hydrogen-bond acceptors (Lipinski definition) is 4. The Morgan fingerprint density at radius 1 is 1.47 bits per heavy atom. The summed E-state index contributed by atoms with van der Waals surface area (Å²) in [7, 11) is 0. The first-order chi connectivity index (χ1) is 7.33. The maximum atomic E-state index is 4.32. The largest absolute Gasteiger partial charge is 0.347 e. The van der Waals surface area contributed by atoms with Gasteiger partial charge in [0.15, 0.2) is 5.82 Å². The van der Waals surface area contributed by atoms with Gasteiger partial charge < -0.3 is 10.3 Å². The first kappa shape index (κ1) is 8.60. The van der Waals surface area contributed by atoms with Crippen molar-refractivity contribution in [1.82, 2.24) is 30.5 Å². The highest BCUT2D eigenvalue weighted by molar-refractivity contribution is 5.18. The maximum absolute atomic E-state index is 4.32. The molecular weight excluding hydrogens is 192 g/mol. The van der Waals surface area contributed by atoms with E-state index in [-0.39, 0.29) is 6.04 Å². The van der Waals surface area contributed by atoms with Crippen LogP contribution in [0.15, 0.2) is 6.33 Å². The second-order valence-electron chi connectivity index (χ2n) is 3.74. The van der Waals surface area contributed by atoms with Gasteiger partial charge in [0, 0.05) is 13.0 Å². The Labute approximate surface area is 86.5 Å². The number of nitrogens with zero attached hydrogens (tertiary/aromatic N) is 3. The van der Waals surface area contributed by atoms with Crippen LogP contribution in [0.2, 0.25) is 0 Å². The quantitative estimate of drug-likeness (QED) is 0.620. The molecule has 0 bridgehead atoms. The molecule has 1 unspecified atom stereocenters. The third-order valence-electron chi connectivity index (χ3n) is 2.66. The lowest BCUT2D eigenvalue weighted by molar-refractivity contribution is 0.469. The number of hydrogen-bond donors (Lipinski definition) is 3. The zero-order chi connectivity index (χ0) is 10.3. The topological polar surface area (TPSA) is 82.3 Å². The molecule has 0 aromatic carbocycles. The van der Waals surface area contributed by atoms with Gasteiger partial charge >= 0.3 is 0 Å². The van der Waals surface area contributed by atoms with E-state index in [1.165, 1.54) is 5.69 Å². The van der Waals surface area contributed by atoms with Gasteiger partial charge in [-0.1, -0.05) is 0 Å². The molecular formula is C9H12N6. The molecule has 6 nitrogen and oxygen atoms in total. The van der Waals surface area contributed by atoms with Crippen LogP contribution in [0.5, 0.6) is 0 Å². The molecule has 1 aliphatic rings. The molecule has 2 aromatic heterocycles. The molecule has 1 atom stereocenters. The van der Waals surface area contributed by atoms with Crippen LogP contribution in [0.3, 0.4) is 0 Å². The number of H-pyrrole nitrogens is 2. The van der Waals surface area contributed by atoms with Crippen molar-refractivity contribution in [2.75, 3.05) is 0 Å². The van der Waals surface area contributed by atoms with E-state index in [2.05, 4.69) is 30.5 Å². The molecule has 0 fully saturated rings. The van der Waals surface area contributed by atoms with Gasteiger partial charge in [0.25, 0.3) is 0 Å². The van der Waals surface area contributed by atoms with E-state index in [0.29, 0.717) is 0 Å². The van der Waals surface area contributed by atoms with Gasteiger partial charge in [0.2, 0.25) is 0 Å². The van der Waals surface area contributed by atoms with E-state index in [0.717, 1.165) is 30.3 Å². The number of aromatic amines is 2. The molecule has 1 aliphatic heterocycles. The summed E-state index contributed by atoms with van der Waals surface area (Å²) in [6.45, 7) is 2.70. The third-order valence-corrected chi connectivity index (χ3v) is 2.66. The van der Waals surface area contributed by atoms with Crippen molar-refractivity contribution in [1.29, 1.82) is 0 Å². The van der Waals surface area contributed by atoms with Crippen molar-refractivity contribution in [3.63, 3.8) is 0 Å². The van der Waals surface area contributed by atoms with Crippen molar-refractivity contribution in [3.8, 4) is 0 Å². The summed E-state index contributed by atoms with van der Waals surface area (Å²) in [5.74, 6) is 1.67. The Morgan fingerprint density at radius 3 is 3.20 bits per heavy atom. The monoisotopic (exact) mass is 204 g/mol. The van der Waals surface area contributed by atoms with E-state index < -0.39 is 0 Å². The van der Waals surface area contributed by atoms with E-state index in [9.17, 15) is 0 Å². The van der Waals surface area contributed by atoms with Crippen LogP contribution in [-0.4, -0.2) is 25.1 Å². The van der Waals surface area contributed by atoms with Gasteiger partial charge in [-0.25, -0.2) is 9.97 Å². The van der Waals surface area contributed by atoms with Crippen molar-refractivity contribution in [2.45, 2.75) is 25.9 Å². The Balaban J connectivity index is 1.87. The number of nitrogens with one attached hydrogen (secondary N) is 3. The molecule has 0 aliphatic carbocycles. The molecule has 0 spiro atoms. The Morgan fingerprint density at radius 2 is 2.40 bits per heavy atom. The van der Waals surface area contributed by atoms with Crippen LogP contribution in [0.25, 0.3) is 0 Å². The highest BCUT2D eigenvalue weighted by atomic mass is 15.2. The first-order valence-electron chi connectivity index (χ1n) is 4.96. The fraction of sp³-hybridized carbons (Fsp3) is 0.444. The zero-order valence-corrected chi connectivity index (χ0v) is 8.41. The SMILES string of the molecule is Cc1nc(C2Cc3nc[nH]c3CN2)n[nH]1. The molecule has 15 heavy (non-hydrogen) atoms. The fourth-order valence-corrected chi connectivity index (χ4v) is 1.87. The number of imidazole rings is 1. The van der Waals surface area contributed by atoms with Gasteiger partial charge in [-0.15, -0.1) is 0 Å². The fourth-order valence-electron chi connectivity index (χ4n) is 1.87. The second kappa shape index (κ2) is 3.16. The van der Waals surface area contributed by atoms with Crippen LogP contribution >= 0.6 is 0 Å². The Hall–Kier alpha value is -1.69. The predicted octanol–water partition coefficient (Wildman–Crippen LogP) is 0.223. The Kier molecular flexibility index (Phi) is 1.81. The number of aromatic nitrogens is 5. The molecule has 3 heterocycles. The highest BCUT2D eigenvalue weighted by Gasteiger charge is 2.23. The van der Waals surface area contributed by atoms with Crippen molar-refractivity contribution in [3.05, 3.63) is 29.4 Å². The summed E-state index contributed by atoms with van der Waals surface area (Å²) in [5, 5.41) is 10.4. The molecule has 3 N–H and O–H groups in total. The minimum absolute atomic E-state index is 0.172. The van der Waals surface area contributed by atoms with E-state index in [1.54, 1.807) is 6.33 Å². The summed E-state index contributed by atoms with van der Waals surface area (Å²) in [5.41, 5.74) is 2.28. The molecule has 78 valence electrons. The van der Waals surface area contributed by atoms with Crippen LogP contribution < -0.4 is 5.32 Å². The van der Waals surface area contributed by atoms with E-state index in [1.807, 2.05) is 6.92 Å². The smallest absolute Gasteiger partial charge is 0.167 e. The summed E-state index contributed by atoms with van der Waals surface area (Å²) < 4.78 is 0. The minimum Gasteiger partial charge on any atom is -0.347 e. The normalized spacial score (nSPS) is 20.2. The molecule has 0 saturated heterocycles. The van der Waals surface area contributed by atoms with Gasteiger partial charge in [0.1, 0.15) is 5.82 Å².